The summed E-state index contributed by atoms with van der Waals surface area (Å²) >= 11 is 8.13. The van der Waals surface area contributed by atoms with Gasteiger partial charge in [0.25, 0.3) is 0 Å². The van der Waals surface area contributed by atoms with Crippen molar-refractivity contribution in [2.45, 2.75) is 18.8 Å². The summed E-state index contributed by atoms with van der Waals surface area (Å²) in [6.07, 6.45) is 1.43. The van der Waals surface area contributed by atoms with E-state index in [1.807, 2.05) is 6.07 Å². The van der Waals surface area contributed by atoms with Gasteiger partial charge in [-0.1, -0.05) is 0 Å². The summed E-state index contributed by atoms with van der Waals surface area (Å²) in [6, 6.07) is 1.83. The predicted molar refractivity (Wildman–Crippen MR) is 73.9 cm³/mol. The number of hydrogen-bond donors (Lipinski definition) is 1. The van der Waals surface area contributed by atoms with Crippen molar-refractivity contribution in [2.75, 3.05) is 0 Å². The molecule has 1 atom stereocenters. The molecule has 2 aromatic rings. The van der Waals surface area contributed by atoms with Gasteiger partial charge in [-0.25, -0.2) is 4.98 Å². The highest BCUT2D eigenvalue weighted by molar-refractivity contribution is 9.13. The number of carbonyl (C=O) groups is 1. The second-order valence-electron chi connectivity index (χ2n) is 3.99. The number of fused-ring (bicyclic) bond motifs is 1. The lowest BCUT2D eigenvalue weighted by Gasteiger charge is -2.00. The van der Waals surface area contributed by atoms with Crippen LogP contribution in [0.4, 0.5) is 0 Å². The Hall–Kier alpha value is -0.660. The van der Waals surface area contributed by atoms with E-state index in [0.29, 0.717) is 22.5 Å². The lowest BCUT2D eigenvalue weighted by atomic mass is 10.1. The first-order chi connectivity index (χ1) is 8.56. The van der Waals surface area contributed by atoms with Crippen LogP contribution in [-0.4, -0.2) is 16.1 Å². The molecule has 0 aromatic carbocycles. The summed E-state index contributed by atoms with van der Waals surface area (Å²) < 4.78 is 6.94. The molecule has 0 spiro atoms. The normalized spacial score (nSPS) is 18.0. The van der Waals surface area contributed by atoms with Gasteiger partial charge in [0.05, 0.1) is 10.2 Å². The fraction of sp³-hybridized carbons (Fsp3) is 0.273. The zero-order valence-corrected chi connectivity index (χ0v) is 12.9. The Morgan fingerprint density at radius 3 is 2.94 bits per heavy atom. The molecule has 1 aliphatic rings. The van der Waals surface area contributed by atoms with Crippen LogP contribution < -0.4 is 0 Å². The molecule has 94 valence electrons. The maximum absolute atomic E-state index is 11.1. The minimum atomic E-state index is -0.799. The third-order valence-electron chi connectivity index (χ3n) is 2.87. The van der Waals surface area contributed by atoms with Gasteiger partial charge in [0, 0.05) is 10.9 Å². The van der Waals surface area contributed by atoms with Gasteiger partial charge in [-0.15, -0.1) is 11.3 Å². The van der Waals surface area contributed by atoms with E-state index in [-0.39, 0.29) is 0 Å². The Morgan fingerprint density at radius 1 is 1.56 bits per heavy atom. The molecule has 1 aliphatic carbocycles. The van der Waals surface area contributed by atoms with Crippen LogP contribution in [-0.2, 0) is 11.2 Å². The van der Waals surface area contributed by atoms with Crippen LogP contribution in [0.25, 0.3) is 10.8 Å². The molecule has 7 heteroatoms. The number of hydrogen-bond acceptors (Lipinski definition) is 4. The number of aliphatic carboxylic acids is 1. The summed E-state index contributed by atoms with van der Waals surface area (Å²) in [5, 5.41) is 9.85. The largest absolute Gasteiger partial charge is 0.481 e. The van der Waals surface area contributed by atoms with Crippen LogP contribution in [0.1, 0.15) is 22.9 Å². The quantitative estimate of drug-likeness (QED) is 0.837. The van der Waals surface area contributed by atoms with Gasteiger partial charge in [0.2, 0.25) is 0 Å². The molecular weight excluding hydrogens is 386 g/mol. The standard InChI is InChI=1S/C11H7Br2NO3S/c12-5-3-6(17-9(5)13)10-14-8-4(11(15)16)1-2-7(8)18-10/h3-4H,1-2H2,(H,15,16). The first-order valence-corrected chi connectivity index (χ1v) is 7.64. The molecule has 0 saturated heterocycles. The van der Waals surface area contributed by atoms with Crippen LogP contribution in [0.15, 0.2) is 19.6 Å². The molecule has 0 fully saturated rings. The van der Waals surface area contributed by atoms with E-state index in [9.17, 15) is 4.79 Å². The third-order valence-corrected chi connectivity index (χ3v) is 5.73. The van der Waals surface area contributed by atoms with Gasteiger partial charge >= 0.3 is 5.97 Å². The van der Waals surface area contributed by atoms with Crippen LogP contribution in [0.2, 0.25) is 0 Å². The number of thiazole rings is 1. The Kier molecular flexibility index (Phi) is 3.07. The van der Waals surface area contributed by atoms with Crippen molar-refractivity contribution in [3.63, 3.8) is 0 Å². The van der Waals surface area contributed by atoms with Gasteiger partial charge in [-0.2, -0.15) is 0 Å². The number of carboxylic acids is 1. The first-order valence-electron chi connectivity index (χ1n) is 5.24. The third kappa shape index (κ3) is 1.94. The summed E-state index contributed by atoms with van der Waals surface area (Å²) in [5.74, 6) is -0.614. The minimum Gasteiger partial charge on any atom is -0.481 e. The monoisotopic (exact) mass is 391 g/mol. The van der Waals surface area contributed by atoms with Crippen LogP contribution >= 0.6 is 43.2 Å². The van der Waals surface area contributed by atoms with E-state index in [2.05, 4.69) is 36.8 Å². The fourth-order valence-electron chi connectivity index (χ4n) is 2.02. The molecule has 4 nitrogen and oxygen atoms in total. The summed E-state index contributed by atoms with van der Waals surface area (Å²) in [6.45, 7) is 0. The van der Waals surface area contributed by atoms with Gasteiger partial charge < -0.3 is 9.52 Å². The average molecular weight is 393 g/mol. The number of nitrogens with zero attached hydrogens (tertiary/aromatic N) is 1. The van der Waals surface area contributed by atoms with E-state index in [0.717, 1.165) is 20.8 Å². The average Bonchev–Trinajstić information content (AvgIpc) is 2.92. The number of carboxylic acid groups (broad SMARTS) is 1. The molecule has 0 bridgehead atoms. The zero-order chi connectivity index (χ0) is 12.9. The van der Waals surface area contributed by atoms with E-state index in [1.54, 1.807) is 0 Å². The fourth-order valence-corrected chi connectivity index (χ4v) is 3.69. The zero-order valence-electron chi connectivity index (χ0n) is 8.94. The van der Waals surface area contributed by atoms with E-state index in [4.69, 9.17) is 9.52 Å². The molecular formula is C11H7Br2NO3S. The van der Waals surface area contributed by atoms with Gasteiger partial charge in [-0.05, 0) is 44.7 Å². The van der Waals surface area contributed by atoms with Crippen LogP contribution in [0.5, 0.6) is 0 Å². The van der Waals surface area contributed by atoms with Crippen molar-refractivity contribution in [3.8, 4) is 10.8 Å². The molecule has 0 amide bonds. The Labute approximate surface area is 123 Å². The van der Waals surface area contributed by atoms with Gasteiger partial charge in [-0.3, -0.25) is 4.79 Å². The van der Waals surface area contributed by atoms with Crippen LogP contribution in [0.3, 0.4) is 0 Å². The summed E-state index contributed by atoms with van der Waals surface area (Å²) in [4.78, 5) is 16.6. The Morgan fingerprint density at radius 2 is 2.33 bits per heavy atom. The number of rotatable bonds is 2. The first kappa shape index (κ1) is 12.4. The van der Waals surface area contributed by atoms with Crippen molar-refractivity contribution in [1.29, 1.82) is 0 Å². The van der Waals surface area contributed by atoms with E-state index < -0.39 is 11.9 Å². The molecule has 1 unspecified atom stereocenters. The second kappa shape index (κ2) is 4.47. The highest BCUT2D eigenvalue weighted by atomic mass is 79.9. The highest BCUT2D eigenvalue weighted by Gasteiger charge is 2.33. The number of aromatic nitrogens is 1. The summed E-state index contributed by atoms with van der Waals surface area (Å²) in [7, 11) is 0. The lowest BCUT2D eigenvalue weighted by molar-refractivity contribution is -0.138. The van der Waals surface area contributed by atoms with Crippen molar-refractivity contribution >= 4 is 49.2 Å². The van der Waals surface area contributed by atoms with Crippen molar-refractivity contribution in [2.24, 2.45) is 0 Å². The molecule has 1 N–H and O–H groups in total. The van der Waals surface area contributed by atoms with E-state index in [1.165, 1.54) is 11.3 Å². The number of aryl methyl sites for hydroxylation is 1. The topological polar surface area (TPSA) is 63.3 Å². The van der Waals surface area contributed by atoms with Gasteiger partial charge in [0.1, 0.15) is 5.92 Å². The van der Waals surface area contributed by atoms with E-state index >= 15 is 0 Å². The SMILES string of the molecule is O=C(O)C1CCc2sc(-c3cc(Br)c(Br)o3)nc21. The minimum absolute atomic E-state index is 0.466. The number of furan rings is 1. The predicted octanol–water partition coefficient (Wildman–Crippen LogP) is 4.04. The van der Waals surface area contributed by atoms with Crippen molar-refractivity contribution in [1.82, 2.24) is 4.98 Å². The van der Waals surface area contributed by atoms with Crippen molar-refractivity contribution in [3.05, 3.63) is 25.8 Å². The Bertz CT molecular complexity index is 615. The van der Waals surface area contributed by atoms with Gasteiger partial charge in [0.15, 0.2) is 15.4 Å². The molecule has 0 aliphatic heterocycles. The van der Waals surface area contributed by atoms with Crippen LogP contribution in [0, 0.1) is 0 Å². The maximum Gasteiger partial charge on any atom is 0.312 e. The molecule has 0 saturated carbocycles. The molecule has 2 aromatic heterocycles. The second-order valence-corrected chi connectivity index (χ2v) is 6.65. The Balaban J connectivity index is 2.02. The summed E-state index contributed by atoms with van der Waals surface area (Å²) in [5.41, 5.74) is 0.700. The smallest absolute Gasteiger partial charge is 0.312 e. The molecule has 18 heavy (non-hydrogen) atoms. The molecule has 0 radical (unpaired) electrons. The lowest BCUT2D eigenvalue weighted by Crippen LogP contribution is -2.08. The number of halogens is 2. The van der Waals surface area contributed by atoms with Crippen molar-refractivity contribution < 1.29 is 14.3 Å². The highest BCUT2D eigenvalue weighted by Crippen LogP contribution is 2.41. The molecule has 2 heterocycles. The molecule has 3 rings (SSSR count). The maximum atomic E-state index is 11.1.